The fourth-order valence-corrected chi connectivity index (χ4v) is 3.30. The van der Waals surface area contributed by atoms with Crippen molar-refractivity contribution in [1.29, 1.82) is 0 Å². The van der Waals surface area contributed by atoms with E-state index in [4.69, 9.17) is 10.0 Å². The molecule has 0 radical (unpaired) electrons. The summed E-state index contributed by atoms with van der Waals surface area (Å²) in [4.78, 5) is 2.06. The minimum absolute atomic E-state index is 0.204. The Kier molecular flexibility index (Phi) is 4.06. The molecule has 1 aliphatic heterocycles. The molecule has 98 valence electrons. The fourth-order valence-electron chi connectivity index (χ4n) is 2.02. The van der Waals surface area contributed by atoms with Crippen molar-refractivity contribution in [1.82, 2.24) is 4.90 Å². The summed E-state index contributed by atoms with van der Waals surface area (Å²) < 4.78 is 22.6. The SMILES string of the molecule is O=S1(=O)CCN(Cc2cccc(B(O)O)c2)CC1. The van der Waals surface area contributed by atoms with Gasteiger partial charge in [0.15, 0.2) is 9.84 Å². The van der Waals surface area contributed by atoms with Crippen LogP contribution in [0.25, 0.3) is 0 Å². The summed E-state index contributed by atoms with van der Waals surface area (Å²) in [5.41, 5.74) is 1.41. The molecule has 0 bridgehead atoms. The van der Waals surface area contributed by atoms with Crippen molar-refractivity contribution in [3.63, 3.8) is 0 Å². The molecule has 0 spiro atoms. The summed E-state index contributed by atoms with van der Waals surface area (Å²) in [6.07, 6.45) is 0. The largest absolute Gasteiger partial charge is 0.488 e. The maximum Gasteiger partial charge on any atom is 0.488 e. The van der Waals surface area contributed by atoms with Crippen LogP contribution in [0, 0.1) is 0 Å². The van der Waals surface area contributed by atoms with E-state index >= 15 is 0 Å². The van der Waals surface area contributed by atoms with Crippen molar-refractivity contribution in [2.24, 2.45) is 0 Å². The molecule has 0 unspecified atom stereocenters. The van der Waals surface area contributed by atoms with Crippen molar-refractivity contribution in [2.75, 3.05) is 24.6 Å². The predicted octanol–water partition coefficient (Wildman–Crippen LogP) is -1.40. The van der Waals surface area contributed by atoms with Gasteiger partial charge in [-0.2, -0.15) is 0 Å². The Morgan fingerprint density at radius 2 is 1.89 bits per heavy atom. The monoisotopic (exact) mass is 269 g/mol. The molecular weight excluding hydrogens is 253 g/mol. The molecule has 2 N–H and O–H groups in total. The van der Waals surface area contributed by atoms with Crippen LogP contribution in [0.1, 0.15) is 5.56 Å². The van der Waals surface area contributed by atoms with E-state index in [0.29, 0.717) is 25.1 Å². The third-order valence-corrected chi connectivity index (χ3v) is 4.70. The quantitative estimate of drug-likeness (QED) is 0.660. The lowest BCUT2D eigenvalue weighted by atomic mass is 9.79. The average Bonchev–Trinajstić information content (AvgIpc) is 2.32. The molecule has 5 nitrogen and oxygen atoms in total. The lowest BCUT2D eigenvalue weighted by Gasteiger charge is -2.26. The third-order valence-electron chi connectivity index (χ3n) is 3.09. The van der Waals surface area contributed by atoms with Crippen LogP contribution in [-0.4, -0.2) is 55.1 Å². The first kappa shape index (κ1) is 13.5. The van der Waals surface area contributed by atoms with Crippen LogP contribution < -0.4 is 5.46 Å². The van der Waals surface area contributed by atoms with E-state index in [0.717, 1.165) is 5.56 Å². The topological polar surface area (TPSA) is 77.8 Å². The molecular formula is C11H16BNO4S. The highest BCUT2D eigenvalue weighted by Crippen LogP contribution is 2.08. The van der Waals surface area contributed by atoms with Crippen molar-refractivity contribution in [3.05, 3.63) is 29.8 Å². The van der Waals surface area contributed by atoms with Crippen LogP contribution in [0.4, 0.5) is 0 Å². The molecule has 0 amide bonds. The highest BCUT2D eigenvalue weighted by Gasteiger charge is 2.21. The van der Waals surface area contributed by atoms with Gasteiger partial charge < -0.3 is 10.0 Å². The van der Waals surface area contributed by atoms with E-state index in [1.165, 1.54) is 0 Å². The van der Waals surface area contributed by atoms with Gasteiger partial charge in [-0.1, -0.05) is 24.3 Å². The molecule has 0 saturated carbocycles. The number of benzene rings is 1. The predicted molar refractivity (Wildman–Crippen MR) is 70.2 cm³/mol. The maximum absolute atomic E-state index is 11.3. The number of hydrogen-bond donors (Lipinski definition) is 2. The zero-order chi connectivity index (χ0) is 13.2. The second-order valence-corrected chi connectivity index (χ2v) is 6.85. The van der Waals surface area contributed by atoms with Gasteiger partial charge in [0.2, 0.25) is 0 Å². The molecule has 1 aromatic carbocycles. The van der Waals surface area contributed by atoms with Crippen LogP contribution >= 0.6 is 0 Å². The Morgan fingerprint density at radius 1 is 1.22 bits per heavy atom. The van der Waals surface area contributed by atoms with Gasteiger partial charge in [0, 0.05) is 19.6 Å². The fraction of sp³-hybridized carbons (Fsp3) is 0.455. The Balaban J connectivity index is 2.00. The van der Waals surface area contributed by atoms with Gasteiger partial charge in [0.05, 0.1) is 11.5 Å². The number of hydrogen-bond acceptors (Lipinski definition) is 5. The van der Waals surface area contributed by atoms with E-state index in [-0.39, 0.29) is 11.5 Å². The molecule has 0 aliphatic carbocycles. The van der Waals surface area contributed by atoms with E-state index in [2.05, 4.69) is 4.90 Å². The lowest BCUT2D eigenvalue weighted by Crippen LogP contribution is -2.40. The van der Waals surface area contributed by atoms with E-state index in [1.807, 2.05) is 6.07 Å². The third kappa shape index (κ3) is 3.55. The molecule has 2 rings (SSSR count). The number of nitrogens with zero attached hydrogens (tertiary/aromatic N) is 1. The highest BCUT2D eigenvalue weighted by atomic mass is 32.2. The molecule has 1 heterocycles. The lowest BCUT2D eigenvalue weighted by molar-refractivity contribution is 0.287. The summed E-state index contributed by atoms with van der Waals surface area (Å²) in [5, 5.41) is 18.2. The van der Waals surface area contributed by atoms with E-state index < -0.39 is 17.0 Å². The van der Waals surface area contributed by atoms with Crippen LogP contribution in [0.3, 0.4) is 0 Å². The number of rotatable bonds is 3. The van der Waals surface area contributed by atoms with E-state index in [9.17, 15) is 8.42 Å². The Hall–Kier alpha value is -0.885. The van der Waals surface area contributed by atoms with Gasteiger partial charge in [-0.05, 0) is 11.0 Å². The van der Waals surface area contributed by atoms with Gasteiger partial charge in [-0.3, -0.25) is 4.90 Å². The van der Waals surface area contributed by atoms with Gasteiger partial charge >= 0.3 is 7.12 Å². The molecule has 7 heteroatoms. The Bertz CT molecular complexity index is 504. The van der Waals surface area contributed by atoms with Crippen LogP contribution in [0.5, 0.6) is 0 Å². The summed E-state index contributed by atoms with van der Waals surface area (Å²) in [5.74, 6) is 0.407. The minimum Gasteiger partial charge on any atom is -0.423 e. The minimum atomic E-state index is -2.85. The zero-order valence-corrected chi connectivity index (χ0v) is 10.8. The standard InChI is InChI=1S/C11H16BNO4S/c14-12(15)11-3-1-2-10(8-11)9-13-4-6-18(16,17)7-5-13/h1-3,8,14-15H,4-7,9H2. The summed E-state index contributed by atoms with van der Waals surface area (Å²) >= 11 is 0. The maximum atomic E-state index is 11.3. The molecule has 1 fully saturated rings. The second kappa shape index (κ2) is 5.40. The van der Waals surface area contributed by atoms with Gasteiger partial charge in [-0.15, -0.1) is 0 Å². The smallest absolute Gasteiger partial charge is 0.423 e. The van der Waals surface area contributed by atoms with Crippen molar-refractivity contribution in [3.8, 4) is 0 Å². The summed E-state index contributed by atoms with van der Waals surface area (Å²) in [6, 6.07) is 7.04. The molecule has 18 heavy (non-hydrogen) atoms. The van der Waals surface area contributed by atoms with Crippen molar-refractivity contribution < 1.29 is 18.5 Å². The first-order valence-electron chi connectivity index (χ1n) is 5.84. The Morgan fingerprint density at radius 3 is 2.50 bits per heavy atom. The molecule has 1 saturated heterocycles. The van der Waals surface area contributed by atoms with Gasteiger partial charge in [0.1, 0.15) is 0 Å². The number of sulfone groups is 1. The zero-order valence-electron chi connectivity index (χ0n) is 9.99. The van der Waals surface area contributed by atoms with Gasteiger partial charge in [-0.25, -0.2) is 8.42 Å². The normalized spacial score (nSPS) is 19.7. The first-order chi connectivity index (χ1) is 8.46. The average molecular weight is 269 g/mol. The Labute approximate surface area is 107 Å². The molecule has 0 aromatic heterocycles. The van der Waals surface area contributed by atoms with Crippen LogP contribution in [-0.2, 0) is 16.4 Å². The molecule has 0 atom stereocenters. The van der Waals surface area contributed by atoms with Crippen LogP contribution in [0.15, 0.2) is 24.3 Å². The second-order valence-electron chi connectivity index (χ2n) is 4.55. The summed E-state index contributed by atoms with van der Waals surface area (Å²) in [6.45, 7) is 1.71. The van der Waals surface area contributed by atoms with Crippen molar-refractivity contribution >= 4 is 22.4 Å². The highest BCUT2D eigenvalue weighted by molar-refractivity contribution is 7.91. The van der Waals surface area contributed by atoms with Gasteiger partial charge in [0.25, 0.3) is 0 Å². The molecule has 1 aromatic rings. The van der Waals surface area contributed by atoms with E-state index in [1.54, 1.807) is 18.2 Å². The van der Waals surface area contributed by atoms with Crippen LogP contribution in [0.2, 0.25) is 0 Å². The summed E-state index contributed by atoms with van der Waals surface area (Å²) in [7, 11) is -4.32. The first-order valence-corrected chi connectivity index (χ1v) is 7.66. The molecule has 1 aliphatic rings. The van der Waals surface area contributed by atoms with Crippen molar-refractivity contribution in [2.45, 2.75) is 6.54 Å².